The first-order valence-electron chi connectivity index (χ1n) is 10.5. The Kier molecular flexibility index (Phi) is 8.91. The molecule has 168 valence electrons. The second kappa shape index (κ2) is 11.4. The van der Waals surface area contributed by atoms with Crippen molar-refractivity contribution < 1.29 is 28.5 Å². The summed E-state index contributed by atoms with van der Waals surface area (Å²) in [4.78, 5) is 25.9. The van der Waals surface area contributed by atoms with Crippen LogP contribution < -0.4 is 18.9 Å². The summed E-state index contributed by atoms with van der Waals surface area (Å²) in [7, 11) is 4.61. The molecule has 0 aliphatic rings. The van der Waals surface area contributed by atoms with E-state index in [1.54, 1.807) is 37.4 Å². The van der Waals surface area contributed by atoms with E-state index < -0.39 is 5.92 Å². The van der Waals surface area contributed by atoms with Crippen LogP contribution in [0.3, 0.4) is 0 Å². The number of hydrogen-bond acceptors (Lipinski definition) is 6. The molecule has 0 heterocycles. The van der Waals surface area contributed by atoms with Crippen LogP contribution >= 0.6 is 0 Å². The van der Waals surface area contributed by atoms with E-state index in [1.807, 2.05) is 6.92 Å². The fourth-order valence-corrected chi connectivity index (χ4v) is 3.52. The van der Waals surface area contributed by atoms with Crippen LogP contribution in [-0.2, 0) is 4.79 Å². The molecule has 31 heavy (non-hydrogen) atoms. The van der Waals surface area contributed by atoms with Crippen LogP contribution in [0, 0.1) is 0 Å². The molecule has 1 atom stereocenters. The normalized spacial score (nSPS) is 11.5. The number of carbonyl (C=O) groups excluding carboxylic acids is 2. The van der Waals surface area contributed by atoms with Gasteiger partial charge in [0.15, 0.2) is 28.8 Å². The highest BCUT2D eigenvalue weighted by atomic mass is 16.5. The monoisotopic (exact) mass is 428 g/mol. The minimum absolute atomic E-state index is 0.0120. The van der Waals surface area contributed by atoms with Gasteiger partial charge in [-0.1, -0.05) is 20.3 Å². The molecule has 2 aromatic rings. The molecule has 0 spiro atoms. The quantitative estimate of drug-likeness (QED) is 0.342. The van der Waals surface area contributed by atoms with Crippen molar-refractivity contribution in [2.75, 3.05) is 27.9 Å². The van der Waals surface area contributed by atoms with E-state index >= 15 is 0 Å². The lowest BCUT2D eigenvalue weighted by Gasteiger charge is -2.19. The third kappa shape index (κ3) is 5.57. The Morgan fingerprint density at radius 3 is 2.06 bits per heavy atom. The van der Waals surface area contributed by atoms with Crippen molar-refractivity contribution in [2.24, 2.45) is 0 Å². The van der Waals surface area contributed by atoms with Gasteiger partial charge in [0.2, 0.25) is 0 Å². The van der Waals surface area contributed by atoms with Crippen LogP contribution in [0.4, 0.5) is 0 Å². The second-order valence-electron chi connectivity index (χ2n) is 7.26. The van der Waals surface area contributed by atoms with E-state index in [-0.39, 0.29) is 11.6 Å². The molecule has 6 nitrogen and oxygen atoms in total. The third-order valence-electron chi connectivity index (χ3n) is 5.26. The number of rotatable bonds is 12. The summed E-state index contributed by atoms with van der Waals surface area (Å²) >= 11 is 0. The molecular weight excluding hydrogens is 396 g/mol. The van der Waals surface area contributed by atoms with Crippen LogP contribution in [0.2, 0.25) is 0 Å². The molecule has 0 radical (unpaired) electrons. The number of unbranched alkanes of at least 4 members (excludes halogenated alkanes) is 1. The zero-order valence-corrected chi connectivity index (χ0v) is 19.2. The average molecular weight is 429 g/mol. The van der Waals surface area contributed by atoms with E-state index in [9.17, 15) is 9.59 Å². The zero-order chi connectivity index (χ0) is 23.0. The SMILES string of the molecule is CCCCOc1cc(C(=O)c2cc(OC)c(OC)cc2C(CC)C(C)=O)ccc1OC. The maximum absolute atomic E-state index is 13.6. The van der Waals surface area contributed by atoms with Gasteiger partial charge in [-0.25, -0.2) is 0 Å². The highest BCUT2D eigenvalue weighted by molar-refractivity contribution is 6.11. The lowest BCUT2D eigenvalue weighted by atomic mass is 9.86. The smallest absolute Gasteiger partial charge is 0.193 e. The first kappa shape index (κ1) is 24.3. The first-order chi connectivity index (χ1) is 14.9. The standard InChI is InChI=1S/C25H32O6/c1-7-9-12-31-24-13-17(10-11-21(24)28-4)25(27)20-15-23(30-6)22(29-5)14-19(20)18(8-2)16(3)26/h10-11,13-15,18H,7-9,12H2,1-6H3. The molecule has 0 bridgehead atoms. The number of methoxy groups -OCH3 is 3. The fraction of sp³-hybridized carbons (Fsp3) is 0.440. The first-order valence-corrected chi connectivity index (χ1v) is 10.5. The minimum atomic E-state index is -0.419. The molecule has 0 saturated carbocycles. The molecule has 0 saturated heterocycles. The van der Waals surface area contributed by atoms with Crippen molar-refractivity contribution in [3.8, 4) is 23.0 Å². The summed E-state index contributed by atoms with van der Waals surface area (Å²) in [5, 5.41) is 0. The van der Waals surface area contributed by atoms with Crippen LogP contribution in [-0.4, -0.2) is 39.5 Å². The Hall–Kier alpha value is -3.02. The third-order valence-corrected chi connectivity index (χ3v) is 5.26. The molecule has 0 N–H and O–H groups in total. The molecule has 2 aromatic carbocycles. The largest absolute Gasteiger partial charge is 0.493 e. The number of carbonyl (C=O) groups is 2. The number of ketones is 2. The predicted octanol–water partition coefficient (Wildman–Crippen LogP) is 5.20. The Morgan fingerprint density at radius 1 is 0.871 bits per heavy atom. The zero-order valence-electron chi connectivity index (χ0n) is 19.2. The van der Waals surface area contributed by atoms with Crippen molar-refractivity contribution in [3.63, 3.8) is 0 Å². The summed E-state index contributed by atoms with van der Waals surface area (Å²) < 4.78 is 22.0. The van der Waals surface area contributed by atoms with Crippen LogP contribution in [0.5, 0.6) is 23.0 Å². The number of Topliss-reactive ketones (excluding diaryl/α,β-unsaturated/α-hetero) is 1. The lowest BCUT2D eigenvalue weighted by molar-refractivity contribution is -0.118. The molecule has 0 fully saturated rings. The highest BCUT2D eigenvalue weighted by Crippen LogP contribution is 2.37. The van der Waals surface area contributed by atoms with Gasteiger partial charge in [0.25, 0.3) is 0 Å². The van der Waals surface area contributed by atoms with Gasteiger partial charge in [-0.15, -0.1) is 0 Å². The molecular formula is C25H32O6. The van der Waals surface area contributed by atoms with E-state index in [1.165, 1.54) is 21.1 Å². The second-order valence-corrected chi connectivity index (χ2v) is 7.26. The van der Waals surface area contributed by atoms with E-state index in [0.717, 1.165) is 12.8 Å². The molecule has 6 heteroatoms. The van der Waals surface area contributed by atoms with Crippen molar-refractivity contribution in [1.29, 1.82) is 0 Å². The number of hydrogen-bond donors (Lipinski definition) is 0. The predicted molar refractivity (Wildman–Crippen MR) is 120 cm³/mol. The van der Waals surface area contributed by atoms with Gasteiger partial charge in [-0.05, 0) is 55.7 Å². The average Bonchev–Trinajstić information content (AvgIpc) is 2.78. The lowest BCUT2D eigenvalue weighted by Crippen LogP contribution is -2.15. The van der Waals surface area contributed by atoms with Crippen molar-refractivity contribution >= 4 is 11.6 Å². The van der Waals surface area contributed by atoms with Gasteiger partial charge in [-0.3, -0.25) is 9.59 Å². The highest BCUT2D eigenvalue weighted by Gasteiger charge is 2.26. The Labute approximate surface area is 184 Å². The van der Waals surface area contributed by atoms with Gasteiger partial charge in [0.05, 0.1) is 27.9 Å². The van der Waals surface area contributed by atoms with Crippen molar-refractivity contribution in [2.45, 2.75) is 46.0 Å². The summed E-state index contributed by atoms with van der Waals surface area (Å²) in [6.07, 6.45) is 2.47. The van der Waals surface area contributed by atoms with Crippen molar-refractivity contribution in [1.82, 2.24) is 0 Å². The maximum atomic E-state index is 13.6. The Morgan fingerprint density at radius 2 is 1.52 bits per heavy atom. The van der Waals surface area contributed by atoms with Crippen LogP contribution in [0.25, 0.3) is 0 Å². The summed E-state index contributed by atoms with van der Waals surface area (Å²) in [6.45, 7) is 6.07. The van der Waals surface area contributed by atoms with Gasteiger partial charge in [0, 0.05) is 17.0 Å². The maximum Gasteiger partial charge on any atom is 0.193 e. The molecule has 0 aromatic heterocycles. The van der Waals surface area contributed by atoms with Crippen LogP contribution in [0.1, 0.15) is 67.4 Å². The number of benzene rings is 2. The summed E-state index contributed by atoms with van der Waals surface area (Å²) in [6, 6.07) is 8.47. The van der Waals surface area contributed by atoms with E-state index in [2.05, 4.69) is 6.92 Å². The van der Waals surface area contributed by atoms with E-state index in [4.69, 9.17) is 18.9 Å². The van der Waals surface area contributed by atoms with Gasteiger partial charge >= 0.3 is 0 Å². The van der Waals surface area contributed by atoms with Gasteiger partial charge in [-0.2, -0.15) is 0 Å². The summed E-state index contributed by atoms with van der Waals surface area (Å²) in [5.41, 5.74) is 1.48. The van der Waals surface area contributed by atoms with Crippen molar-refractivity contribution in [3.05, 3.63) is 47.0 Å². The molecule has 2 rings (SSSR count). The topological polar surface area (TPSA) is 71.1 Å². The molecule has 0 aliphatic carbocycles. The van der Waals surface area contributed by atoms with E-state index in [0.29, 0.717) is 52.7 Å². The summed E-state index contributed by atoms with van der Waals surface area (Å²) in [5.74, 6) is 1.34. The molecule has 0 aliphatic heterocycles. The fourth-order valence-electron chi connectivity index (χ4n) is 3.52. The molecule has 0 amide bonds. The van der Waals surface area contributed by atoms with Gasteiger partial charge < -0.3 is 18.9 Å². The number of ether oxygens (including phenoxy) is 4. The molecule has 1 unspecified atom stereocenters. The Bertz CT molecular complexity index is 918. The Balaban J connectivity index is 2.59. The van der Waals surface area contributed by atoms with Gasteiger partial charge in [0.1, 0.15) is 5.78 Å². The van der Waals surface area contributed by atoms with Crippen LogP contribution in [0.15, 0.2) is 30.3 Å². The minimum Gasteiger partial charge on any atom is -0.493 e.